The first-order valence-corrected chi connectivity index (χ1v) is 6.52. The summed E-state index contributed by atoms with van der Waals surface area (Å²) in [6.07, 6.45) is 0.890. The van der Waals surface area contributed by atoms with E-state index < -0.39 is 0 Å². The second-order valence-corrected chi connectivity index (χ2v) is 4.80. The van der Waals surface area contributed by atoms with E-state index in [0.717, 1.165) is 17.7 Å². The lowest BCUT2D eigenvalue weighted by Gasteiger charge is -2.25. The Balaban J connectivity index is 3.09. The minimum Gasteiger partial charge on any atom is -0.358 e. The van der Waals surface area contributed by atoms with E-state index >= 15 is 0 Å². The van der Waals surface area contributed by atoms with Crippen LogP contribution >= 0.6 is 11.6 Å². The van der Waals surface area contributed by atoms with Gasteiger partial charge in [-0.05, 0) is 31.9 Å². The maximum atomic E-state index is 11.8. The molecule has 0 N–H and O–H groups in total. The van der Waals surface area contributed by atoms with Crippen molar-refractivity contribution in [2.24, 2.45) is 0 Å². The molecule has 1 aromatic rings. The number of hydrogen-bond acceptors (Lipinski definition) is 2. The van der Waals surface area contributed by atoms with Gasteiger partial charge in [0.15, 0.2) is 0 Å². The highest BCUT2D eigenvalue weighted by atomic mass is 35.5. The van der Waals surface area contributed by atoms with Crippen molar-refractivity contribution in [3.05, 3.63) is 28.8 Å². The zero-order chi connectivity index (χ0) is 13.7. The largest absolute Gasteiger partial charge is 0.358 e. The summed E-state index contributed by atoms with van der Waals surface area (Å²) in [4.78, 5) is 13.3. The molecule has 3 nitrogen and oxygen atoms in total. The Morgan fingerprint density at radius 1 is 1.44 bits per heavy atom. The summed E-state index contributed by atoms with van der Waals surface area (Å²) in [5.74, 6) is -0.0709. The zero-order valence-corrected chi connectivity index (χ0v) is 12.1. The summed E-state index contributed by atoms with van der Waals surface area (Å²) in [7, 11) is 0. The molecular formula is C14H20ClNO2. The molecule has 0 unspecified atom stereocenters. The van der Waals surface area contributed by atoms with Crippen molar-refractivity contribution in [2.45, 2.75) is 40.2 Å². The van der Waals surface area contributed by atoms with Crippen LogP contribution < -0.4 is 4.90 Å². The van der Waals surface area contributed by atoms with Crippen LogP contribution in [0.15, 0.2) is 18.2 Å². The third-order valence-electron chi connectivity index (χ3n) is 2.64. The van der Waals surface area contributed by atoms with Gasteiger partial charge in [-0.3, -0.25) is 9.69 Å². The number of ether oxygens (including phenoxy) is 1. The van der Waals surface area contributed by atoms with E-state index in [1.165, 1.54) is 6.92 Å². The van der Waals surface area contributed by atoms with Crippen molar-refractivity contribution >= 4 is 23.2 Å². The fraction of sp³-hybridized carbons (Fsp3) is 0.500. The molecule has 0 aromatic heterocycles. The van der Waals surface area contributed by atoms with Gasteiger partial charge in [-0.1, -0.05) is 30.7 Å². The summed E-state index contributed by atoms with van der Waals surface area (Å²) in [6.45, 7) is 7.66. The molecule has 0 heterocycles. The third-order valence-corrected chi connectivity index (χ3v) is 2.94. The van der Waals surface area contributed by atoms with Gasteiger partial charge in [0.05, 0.1) is 16.8 Å². The van der Waals surface area contributed by atoms with Gasteiger partial charge in [-0.25, -0.2) is 0 Å². The number of halogens is 1. The van der Waals surface area contributed by atoms with Crippen LogP contribution in [0.3, 0.4) is 0 Å². The molecule has 1 amide bonds. The summed E-state index contributed by atoms with van der Waals surface area (Å²) in [6, 6.07) is 5.67. The minimum atomic E-state index is -0.0709. The maximum Gasteiger partial charge on any atom is 0.225 e. The van der Waals surface area contributed by atoms with Crippen molar-refractivity contribution in [1.82, 2.24) is 0 Å². The molecule has 0 bridgehead atoms. The first kappa shape index (κ1) is 15.0. The van der Waals surface area contributed by atoms with Crippen LogP contribution in [0.4, 0.5) is 5.69 Å². The molecule has 0 aliphatic rings. The molecule has 0 radical (unpaired) electrons. The van der Waals surface area contributed by atoms with Crippen LogP contribution in [0, 0.1) is 0 Å². The van der Waals surface area contributed by atoms with Crippen LogP contribution in [0.25, 0.3) is 0 Å². The van der Waals surface area contributed by atoms with Crippen molar-refractivity contribution in [3.63, 3.8) is 0 Å². The number of hydrogen-bond donors (Lipinski definition) is 0. The minimum absolute atomic E-state index is 0.0689. The van der Waals surface area contributed by atoms with Gasteiger partial charge in [0.2, 0.25) is 5.91 Å². The third kappa shape index (κ3) is 3.72. The predicted octanol–water partition coefficient (Wildman–Crippen LogP) is 3.64. The van der Waals surface area contributed by atoms with Crippen molar-refractivity contribution in [2.75, 3.05) is 11.6 Å². The van der Waals surface area contributed by atoms with Gasteiger partial charge in [0.25, 0.3) is 0 Å². The van der Waals surface area contributed by atoms with Gasteiger partial charge in [0.1, 0.15) is 6.73 Å². The van der Waals surface area contributed by atoms with Crippen molar-refractivity contribution in [3.8, 4) is 0 Å². The van der Waals surface area contributed by atoms with Gasteiger partial charge in [-0.15, -0.1) is 0 Å². The fourth-order valence-electron chi connectivity index (χ4n) is 1.68. The molecule has 0 atom stereocenters. The molecule has 0 fully saturated rings. The van der Waals surface area contributed by atoms with E-state index in [2.05, 4.69) is 0 Å². The van der Waals surface area contributed by atoms with E-state index in [1.54, 1.807) is 11.0 Å². The second kappa shape index (κ2) is 6.76. The molecule has 100 valence electrons. The van der Waals surface area contributed by atoms with Gasteiger partial charge >= 0.3 is 0 Å². The Labute approximate surface area is 114 Å². The molecular weight excluding hydrogens is 250 g/mol. The lowest BCUT2D eigenvalue weighted by atomic mass is 10.1. The first-order chi connectivity index (χ1) is 8.47. The van der Waals surface area contributed by atoms with E-state index in [-0.39, 0.29) is 18.7 Å². The molecule has 0 saturated carbocycles. The van der Waals surface area contributed by atoms with E-state index in [0.29, 0.717) is 5.02 Å². The van der Waals surface area contributed by atoms with Crippen molar-refractivity contribution < 1.29 is 9.53 Å². The topological polar surface area (TPSA) is 29.5 Å². The normalized spacial score (nSPS) is 10.8. The number of carbonyl (C=O) groups excluding carboxylic acids is 1. The van der Waals surface area contributed by atoms with E-state index in [9.17, 15) is 4.79 Å². The Bertz CT molecular complexity index is 418. The van der Waals surface area contributed by atoms with Gasteiger partial charge in [0, 0.05) is 6.92 Å². The number of anilines is 1. The standard InChI is InChI=1S/C14H20ClNO2/c1-5-12-7-6-8-13(15)14(12)16(11(4)17)9-18-10(2)3/h6-8,10H,5,9H2,1-4H3. The lowest BCUT2D eigenvalue weighted by molar-refractivity contribution is -0.118. The average molecular weight is 270 g/mol. The van der Waals surface area contributed by atoms with Gasteiger partial charge in [-0.2, -0.15) is 0 Å². The predicted molar refractivity (Wildman–Crippen MR) is 75.1 cm³/mol. The highest BCUT2D eigenvalue weighted by Crippen LogP contribution is 2.30. The molecule has 0 aliphatic carbocycles. The van der Waals surface area contributed by atoms with E-state index in [1.807, 2.05) is 32.9 Å². The maximum absolute atomic E-state index is 11.8. The molecule has 0 spiro atoms. The Morgan fingerprint density at radius 3 is 2.61 bits per heavy atom. The molecule has 4 heteroatoms. The fourth-order valence-corrected chi connectivity index (χ4v) is 1.98. The molecule has 1 rings (SSSR count). The highest BCUT2D eigenvalue weighted by molar-refractivity contribution is 6.34. The van der Waals surface area contributed by atoms with Crippen LogP contribution in [0.5, 0.6) is 0 Å². The lowest BCUT2D eigenvalue weighted by Crippen LogP contribution is -2.33. The summed E-state index contributed by atoms with van der Waals surface area (Å²) < 4.78 is 5.52. The number of aryl methyl sites for hydroxylation is 1. The van der Waals surface area contributed by atoms with Gasteiger partial charge < -0.3 is 4.74 Å². The average Bonchev–Trinajstić information content (AvgIpc) is 2.30. The van der Waals surface area contributed by atoms with Crippen molar-refractivity contribution in [1.29, 1.82) is 0 Å². The van der Waals surface area contributed by atoms with Crippen LogP contribution in [-0.4, -0.2) is 18.7 Å². The highest BCUT2D eigenvalue weighted by Gasteiger charge is 2.18. The number of para-hydroxylation sites is 1. The molecule has 18 heavy (non-hydrogen) atoms. The first-order valence-electron chi connectivity index (χ1n) is 6.14. The Morgan fingerprint density at radius 2 is 2.11 bits per heavy atom. The second-order valence-electron chi connectivity index (χ2n) is 4.39. The Hall–Kier alpha value is -1.06. The SMILES string of the molecule is CCc1cccc(Cl)c1N(COC(C)C)C(C)=O. The monoisotopic (exact) mass is 269 g/mol. The summed E-state index contributed by atoms with van der Waals surface area (Å²) >= 11 is 6.21. The summed E-state index contributed by atoms with van der Waals surface area (Å²) in [5, 5.41) is 0.580. The number of nitrogens with zero attached hydrogens (tertiary/aromatic N) is 1. The molecule has 1 aromatic carbocycles. The molecule has 0 saturated heterocycles. The van der Waals surface area contributed by atoms with Crippen LogP contribution in [0.1, 0.15) is 33.3 Å². The summed E-state index contributed by atoms with van der Waals surface area (Å²) in [5.41, 5.74) is 1.81. The van der Waals surface area contributed by atoms with Crippen LogP contribution in [0.2, 0.25) is 5.02 Å². The number of rotatable bonds is 5. The number of carbonyl (C=O) groups is 1. The zero-order valence-electron chi connectivity index (χ0n) is 11.4. The van der Waals surface area contributed by atoms with Crippen LogP contribution in [-0.2, 0) is 16.0 Å². The molecule has 0 aliphatic heterocycles. The Kier molecular flexibility index (Phi) is 5.63. The number of benzene rings is 1. The quantitative estimate of drug-likeness (QED) is 0.764. The number of amides is 1. The van der Waals surface area contributed by atoms with E-state index in [4.69, 9.17) is 16.3 Å². The smallest absolute Gasteiger partial charge is 0.225 e.